The lowest BCUT2D eigenvalue weighted by molar-refractivity contribution is -0.393. The van der Waals surface area contributed by atoms with E-state index in [9.17, 15) is 25.0 Å². The zero-order chi connectivity index (χ0) is 17.0. The predicted octanol–water partition coefficient (Wildman–Crippen LogP) is 0.865. The Bertz CT molecular complexity index is 627. The Morgan fingerprint density at radius 2 is 1.91 bits per heavy atom. The number of carbonyl (C=O) groups is 1. The van der Waals surface area contributed by atoms with Gasteiger partial charge in [0.15, 0.2) is 0 Å². The molecule has 0 atom stereocenters. The molecule has 0 saturated carbocycles. The molecule has 0 spiro atoms. The Morgan fingerprint density at radius 1 is 1.26 bits per heavy atom. The van der Waals surface area contributed by atoms with E-state index in [-0.39, 0.29) is 35.6 Å². The number of hydrogen-bond donors (Lipinski definition) is 2. The molecule has 0 unspecified atom stereocenters. The van der Waals surface area contributed by atoms with Crippen molar-refractivity contribution in [1.82, 2.24) is 4.90 Å². The van der Waals surface area contributed by atoms with Gasteiger partial charge in [-0.2, -0.15) is 0 Å². The molecule has 23 heavy (non-hydrogen) atoms. The lowest BCUT2D eigenvalue weighted by Crippen LogP contribution is -2.43. The van der Waals surface area contributed by atoms with Crippen molar-refractivity contribution in [3.05, 3.63) is 38.4 Å². The highest BCUT2D eigenvalue weighted by Crippen LogP contribution is 2.30. The maximum absolute atomic E-state index is 11.1. The van der Waals surface area contributed by atoms with Crippen LogP contribution in [0, 0.1) is 20.2 Å². The van der Waals surface area contributed by atoms with Crippen molar-refractivity contribution < 1.29 is 14.6 Å². The standard InChI is InChI=1S/C13H17N5O5/c14-13(19)8-16-5-3-9(4-6-16)15-11-2-1-10(17(20)21)7-12(11)18(22)23/h1-2,7,9,15H,3-6,8H2,(H2,14,19). The van der Waals surface area contributed by atoms with Crippen LogP contribution in [0.4, 0.5) is 17.1 Å². The fourth-order valence-corrected chi connectivity index (χ4v) is 2.58. The van der Waals surface area contributed by atoms with E-state index < -0.39 is 9.85 Å². The Balaban J connectivity index is 2.05. The van der Waals surface area contributed by atoms with Crippen molar-refractivity contribution in [2.45, 2.75) is 18.9 Å². The lowest BCUT2D eigenvalue weighted by atomic mass is 10.0. The van der Waals surface area contributed by atoms with Gasteiger partial charge in [0.25, 0.3) is 11.4 Å². The third-order valence-corrected chi connectivity index (χ3v) is 3.72. The molecule has 1 heterocycles. The van der Waals surface area contributed by atoms with Gasteiger partial charge in [-0.05, 0) is 18.9 Å². The Kier molecular flexibility index (Phi) is 5.06. The molecule has 1 aromatic carbocycles. The van der Waals surface area contributed by atoms with Gasteiger partial charge >= 0.3 is 0 Å². The molecule has 0 aromatic heterocycles. The summed E-state index contributed by atoms with van der Waals surface area (Å²) in [6.45, 7) is 1.51. The Labute approximate surface area is 131 Å². The number of rotatable bonds is 6. The average Bonchev–Trinajstić information content (AvgIpc) is 2.48. The molecular formula is C13H17N5O5. The van der Waals surface area contributed by atoms with Crippen molar-refractivity contribution in [3.8, 4) is 0 Å². The molecule has 0 aliphatic carbocycles. The molecular weight excluding hydrogens is 306 g/mol. The molecule has 10 heteroatoms. The minimum absolute atomic E-state index is 0.000664. The van der Waals surface area contributed by atoms with E-state index in [1.165, 1.54) is 12.1 Å². The summed E-state index contributed by atoms with van der Waals surface area (Å²) in [5, 5.41) is 24.9. The second kappa shape index (κ2) is 7.01. The molecule has 0 radical (unpaired) electrons. The second-order valence-electron chi connectivity index (χ2n) is 5.38. The molecule has 1 aromatic rings. The van der Waals surface area contributed by atoms with Gasteiger partial charge in [0.05, 0.1) is 22.5 Å². The number of primary amides is 1. The Morgan fingerprint density at radius 3 is 2.43 bits per heavy atom. The largest absolute Gasteiger partial charge is 0.377 e. The van der Waals surface area contributed by atoms with Crippen LogP contribution >= 0.6 is 0 Å². The van der Waals surface area contributed by atoms with Crippen molar-refractivity contribution in [2.75, 3.05) is 25.0 Å². The number of piperidine rings is 1. The normalized spacial score (nSPS) is 16.0. The number of non-ortho nitro benzene ring substituents is 1. The maximum Gasteiger partial charge on any atom is 0.299 e. The maximum atomic E-state index is 11.1. The van der Waals surface area contributed by atoms with E-state index >= 15 is 0 Å². The molecule has 1 fully saturated rings. The molecule has 1 saturated heterocycles. The molecule has 10 nitrogen and oxygen atoms in total. The van der Waals surface area contributed by atoms with Gasteiger partial charge in [-0.15, -0.1) is 0 Å². The van der Waals surface area contributed by atoms with Crippen LogP contribution < -0.4 is 11.1 Å². The van der Waals surface area contributed by atoms with Crippen molar-refractivity contribution >= 4 is 23.0 Å². The van der Waals surface area contributed by atoms with Gasteiger partial charge in [-0.25, -0.2) is 0 Å². The first-order chi connectivity index (χ1) is 10.9. The van der Waals surface area contributed by atoms with Gasteiger partial charge in [0.2, 0.25) is 5.91 Å². The van der Waals surface area contributed by atoms with E-state index in [1.54, 1.807) is 0 Å². The predicted molar refractivity (Wildman–Crippen MR) is 82.0 cm³/mol. The van der Waals surface area contributed by atoms with Crippen LogP contribution in [-0.4, -0.2) is 46.3 Å². The number of likely N-dealkylation sites (tertiary alicyclic amines) is 1. The van der Waals surface area contributed by atoms with Crippen LogP contribution in [-0.2, 0) is 4.79 Å². The summed E-state index contributed by atoms with van der Waals surface area (Å²) in [5.74, 6) is -0.387. The quantitative estimate of drug-likeness (QED) is 0.583. The number of amides is 1. The monoisotopic (exact) mass is 323 g/mol. The molecule has 0 bridgehead atoms. The summed E-state index contributed by atoms with van der Waals surface area (Å²) >= 11 is 0. The fourth-order valence-electron chi connectivity index (χ4n) is 2.58. The van der Waals surface area contributed by atoms with Crippen molar-refractivity contribution in [3.63, 3.8) is 0 Å². The first kappa shape index (κ1) is 16.6. The zero-order valence-corrected chi connectivity index (χ0v) is 12.3. The number of carbonyl (C=O) groups excluding carboxylic acids is 1. The molecule has 1 amide bonds. The number of benzene rings is 1. The SMILES string of the molecule is NC(=O)CN1CCC(Nc2ccc([N+](=O)[O-])cc2[N+](=O)[O-])CC1. The molecule has 124 valence electrons. The number of nitrogens with zero attached hydrogens (tertiary/aromatic N) is 3. The third kappa shape index (κ3) is 4.36. The summed E-state index contributed by atoms with van der Waals surface area (Å²) in [5.41, 5.74) is 4.76. The third-order valence-electron chi connectivity index (χ3n) is 3.72. The first-order valence-corrected chi connectivity index (χ1v) is 7.07. The number of nitrogens with two attached hydrogens (primary N) is 1. The van der Waals surface area contributed by atoms with E-state index in [1.807, 2.05) is 4.90 Å². The lowest BCUT2D eigenvalue weighted by Gasteiger charge is -2.31. The summed E-state index contributed by atoms with van der Waals surface area (Å²) in [6.07, 6.45) is 1.39. The van der Waals surface area contributed by atoms with Gasteiger partial charge in [-0.1, -0.05) is 0 Å². The highest BCUT2D eigenvalue weighted by molar-refractivity contribution is 5.75. The van der Waals surface area contributed by atoms with Crippen LogP contribution in [0.5, 0.6) is 0 Å². The van der Waals surface area contributed by atoms with Crippen LogP contribution in [0.15, 0.2) is 18.2 Å². The van der Waals surface area contributed by atoms with E-state index in [2.05, 4.69) is 5.32 Å². The highest BCUT2D eigenvalue weighted by atomic mass is 16.6. The zero-order valence-electron chi connectivity index (χ0n) is 12.3. The Hall–Kier alpha value is -2.75. The first-order valence-electron chi connectivity index (χ1n) is 7.07. The van der Waals surface area contributed by atoms with Gasteiger partial charge < -0.3 is 11.1 Å². The van der Waals surface area contributed by atoms with Gasteiger partial charge in [0, 0.05) is 25.2 Å². The summed E-state index contributed by atoms with van der Waals surface area (Å²) in [4.78, 5) is 33.3. The highest BCUT2D eigenvalue weighted by Gasteiger charge is 2.24. The van der Waals surface area contributed by atoms with E-state index in [0.717, 1.165) is 6.07 Å². The molecule has 2 rings (SSSR count). The van der Waals surface area contributed by atoms with Crippen molar-refractivity contribution in [1.29, 1.82) is 0 Å². The number of nitrogens with one attached hydrogen (secondary N) is 1. The van der Waals surface area contributed by atoms with E-state index in [4.69, 9.17) is 5.73 Å². The summed E-state index contributed by atoms with van der Waals surface area (Å²) < 4.78 is 0. The number of nitro groups is 2. The average molecular weight is 323 g/mol. The topological polar surface area (TPSA) is 145 Å². The smallest absolute Gasteiger partial charge is 0.299 e. The number of hydrogen-bond acceptors (Lipinski definition) is 7. The molecule has 3 N–H and O–H groups in total. The fraction of sp³-hybridized carbons (Fsp3) is 0.462. The van der Waals surface area contributed by atoms with Gasteiger partial charge in [-0.3, -0.25) is 29.9 Å². The summed E-state index contributed by atoms with van der Waals surface area (Å²) in [7, 11) is 0. The molecule has 1 aliphatic rings. The van der Waals surface area contributed by atoms with Crippen LogP contribution in [0.1, 0.15) is 12.8 Å². The molecule has 1 aliphatic heterocycles. The minimum atomic E-state index is -0.668. The van der Waals surface area contributed by atoms with Crippen LogP contribution in [0.2, 0.25) is 0 Å². The van der Waals surface area contributed by atoms with E-state index in [0.29, 0.717) is 25.9 Å². The van der Waals surface area contributed by atoms with Crippen molar-refractivity contribution in [2.24, 2.45) is 5.73 Å². The van der Waals surface area contributed by atoms with Crippen LogP contribution in [0.25, 0.3) is 0 Å². The minimum Gasteiger partial charge on any atom is -0.377 e. The van der Waals surface area contributed by atoms with Gasteiger partial charge in [0.1, 0.15) is 5.69 Å². The van der Waals surface area contributed by atoms with Crippen LogP contribution in [0.3, 0.4) is 0 Å². The second-order valence-corrected chi connectivity index (χ2v) is 5.38. The summed E-state index contributed by atoms with van der Waals surface area (Å²) in [6, 6.07) is 3.54. The number of anilines is 1. The number of nitro benzene ring substituents is 2.